The molecule has 0 heterocycles. The molecule has 0 bridgehead atoms. The van der Waals surface area contributed by atoms with Crippen LogP contribution in [0.2, 0.25) is 0 Å². The van der Waals surface area contributed by atoms with E-state index in [0.717, 1.165) is 23.6 Å². The summed E-state index contributed by atoms with van der Waals surface area (Å²) < 4.78 is 0. The van der Waals surface area contributed by atoms with Crippen molar-refractivity contribution in [3.8, 4) is 0 Å². The van der Waals surface area contributed by atoms with Gasteiger partial charge < -0.3 is 10.4 Å². The molecule has 1 fully saturated rings. The number of aliphatic carboxylic acids is 1. The lowest BCUT2D eigenvalue weighted by atomic mass is 9.98. The van der Waals surface area contributed by atoms with Crippen LogP contribution in [0.4, 0.5) is 0 Å². The fraction of sp³-hybridized carbons (Fsp3) is 0.562. The molecule has 0 amide bonds. The Kier molecular flexibility index (Phi) is 4.97. The molecule has 3 heteroatoms. The van der Waals surface area contributed by atoms with Crippen LogP contribution in [0.3, 0.4) is 0 Å². The molecule has 0 spiro atoms. The highest BCUT2D eigenvalue weighted by Crippen LogP contribution is 2.27. The summed E-state index contributed by atoms with van der Waals surface area (Å²) in [6.07, 6.45) is 5.46. The molecule has 0 saturated heterocycles. The highest BCUT2D eigenvalue weighted by Gasteiger charge is 2.21. The maximum absolute atomic E-state index is 10.8. The Labute approximate surface area is 115 Å². The molecule has 0 aromatic heterocycles. The van der Waals surface area contributed by atoms with Crippen LogP contribution in [0, 0.1) is 5.92 Å². The Morgan fingerprint density at radius 2 is 1.95 bits per heavy atom. The van der Waals surface area contributed by atoms with Crippen molar-refractivity contribution in [2.24, 2.45) is 5.92 Å². The van der Waals surface area contributed by atoms with Gasteiger partial charge in [-0.05, 0) is 36.8 Å². The van der Waals surface area contributed by atoms with Gasteiger partial charge in [-0.15, -0.1) is 0 Å². The highest BCUT2D eigenvalue weighted by atomic mass is 16.4. The minimum Gasteiger partial charge on any atom is -0.481 e. The van der Waals surface area contributed by atoms with Crippen LogP contribution in [0.1, 0.15) is 43.7 Å². The van der Waals surface area contributed by atoms with Gasteiger partial charge in [0.05, 0.1) is 6.42 Å². The Morgan fingerprint density at radius 3 is 2.58 bits per heavy atom. The Hall–Kier alpha value is -1.35. The maximum atomic E-state index is 10.8. The molecular weight excluding hydrogens is 238 g/mol. The summed E-state index contributed by atoms with van der Waals surface area (Å²) in [5, 5.41) is 12.5. The molecule has 0 radical (unpaired) electrons. The fourth-order valence-corrected chi connectivity index (χ4v) is 2.96. The topological polar surface area (TPSA) is 49.3 Å². The molecular formula is C16H23NO2. The lowest BCUT2D eigenvalue weighted by molar-refractivity contribution is -0.136. The second kappa shape index (κ2) is 6.71. The van der Waals surface area contributed by atoms with E-state index < -0.39 is 5.97 Å². The molecule has 104 valence electrons. The van der Waals surface area contributed by atoms with E-state index in [1.807, 2.05) is 24.3 Å². The molecule has 1 aromatic carbocycles. The van der Waals surface area contributed by atoms with Crippen molar-refractivity contribution in [2.45, 2.75) is 51.6 Å². The van der Waals surface area contributed by atoms with Crippen LogP contribution < -0.4 is 5.32 Å². The summed E-state index contributed by atoms with van der Waals surface area (Å²) in [5.41, 5.74) is 2.02. The maximum Gasteiger partial charge on any atom is 0.307 e. The van der Waals surface area contributed by atoms with Gasteiger partial charge in [-0.3, -0.25) is 4.79 Å². The zero-order valence-electron chi connectivity index (χ0n) is 11.6. The standard InChI is InChI=1S/C16H23NO2/c1-12(13-6-2-3-7-13)17-11-15-9-5-4-8-14(15)10-16(18)19/h4-5,8-9,12-13,17H,2-3,6-7,10-11H2,1H3,(H,18,19)/t12-/m0/s1. The van der Waals surface area contributed by atoms with E-state index in [2.05, 4.69) is 12.2 Å². The SMILES string of the molecule is C[C@H](NCc1ccccc1CC(=O)O)C1CCCC1. The smallest absolute Gasteiger partial charge is 0.307 e. The molecule has 1 aromatic rings. The third-order valence-electron chi connectivity index (χ3n) is 4.18. The molecule has 1 aliphatic carbocycles. The molecule has 1 saturated carbocycles. The van der Waals surface area contributed by atoms with Gasteiger partial charge in [0.1, 0.15) is 0 Å². The first-order chi connectivity index (χ1) is 9.16. The Morgan fingerprint density at radius 1 is 1.32 bits per heavy atom. The van der Waals surface area contributed by atoms with Crippen molar-refractivity contribution in [3.05, 3.63) is 35.4 Å². The van der Waals surface area contributed by atoms with E-state index in [9.17, 15) is 4.79 Å². The van der Waals surface area contributed by atoms with Gasteiger partial charge in [-0.2, -0.15) is 0 Å². The number of carboxylic acid groups (broad SMARTS) is 1. The van der Waals surface area contributed by atoms with Crippen LogP contribution in [0.15, 0.2) is 24.3 Å². The van der Waals surface area contributed by atoms with E-state index in [4.69, 9.17) is 5.11 Å². The molecule has 2 rings (SSSR count). The van der Waals surface area contributed by atoms with Crippen molar-refractivity contribution in [1.29, 1.82) is 0 Å². The van der Waals surface area contributed by atoms with Gasteiger partial charge >= 0.3 is 5.97 Å². The van der Waals surface area contributed by atoms with Crippen molar-refractivity contribution in [2.75, 3.05) is 0 Å². The molecule has 19 heavy (non-hydrogen) atoms. The van der Waals surface area contributed by atoms with Crippen LogP contribution >= 0.6 is 0 Å². The van der Waals surface area contributed by atoms with Crippen LogP contribution in [0.25, 0.3) is 0 Å². The van der Waals surface area contributed by atoms with Gasteiger partial charge in [0, 0.05) is 12.6 Å². The van der Waals surface area contributed by atoms with Crippen LogP contribution in [-0.2, 0) is 17.8 Å². The fourth-order valence-electron chi connectivity index (χ4n) is 2.96. The molecule has 0 aliphatic heterocycles. The van der Waals surface area contributed by atoms with Gasteiger partial charge in [0.25, 0.3) is 0 Å². The highest BCUT2D eigenvalue weighted by molar-refractivity contribution is 5.70. The second-order valence-corrected chi connectivity index (χ2v) is 5.55. The Bertz CT molecular complexity index is 425. The lowest BCUT2D eigenvalue weighted by Gasteiger charge is -2.21. The van der Waals surface area contributed by atoms with Gasteiger partial charge in [0.15, 0.2) is 0 Å². The van der Waals surface area contributed by atoms with Gasteiger partial charge in [-0.25, -0.2) is 0 Å². The van der Waals surface area contributed by atoms with Crippen molar-refractivity contribution >= 4 is 5.97 Å². The van der Waals surface area contributed by atoms with Crippen molar-refractivity contribution in [3.63, 3.8) is 0 Å². The average molecular weight is 261 g/mol. The number of rotatable bonds is 6. The number of hydrogen-bond acceptors (Lipinski definition) is 2. The predicted octanol–water partition coefficient (Wildman–Crippen LogP) is 2.98. The summed E-state index contributed by atoms with van der Waals surface area (Å²) in [4.78, 5) is 10.8. The summed E-state index contributed by atoms with van der Waals surface area (Å²) >= 11 is 0. The third kappa shape index (κ3) is 4.06. The molecule has 1 atom stereocenters. The first-order valence-electron chi connectivity index (χ1n) is 7.19. The first kappa shape index (κ1) is 14.1. The van der Waals surface area contributed by atoms with E-state index >= 15 is 0 Å². The minimum atomic E-state index is -0.767. The molecule has 0 unspecified atom stereocenters. The minimum absolute atomic E-state index is 0.107. The van der Waals surface area contributed by atoms with Crippen LogP contribution in [0.5, 0.6) is 0 Å². The van der Waals surface area contributed by atoms with E-state index in [1.165, 1.54) is 25.7 Å². The van der Waals surface area contributed by atoms with Gasteiger partial charge in [-0.1, -0.05) is 37.1 Å². The molecule has 2 N–H and O–H groups in total. The number of hydrogen-bond donors (Lipinski definition) is 2. The van der Waals surface area contributed by atoms with Crippen molar-refractivity contribution < 1.29 is 9.90 Å². The summed E-state index contributed by atoms with van der Waals surface area (Å²) in [6, 6.07) is 8.32. The average Bonchev–Trinajstić information content (AvgIpc) is 2.90. The number of nitrogens with one attached hydrogen (secondary N) is 1. The summed E-state index contributed by atoms with van der Waals surface area (Å²) in [6.45, 7) is 3.01. The molecule has 1 aliphatic rings. The first-order valence-corrected chi connectivity index (χ1v) is 7.19. The van der Waals surface area contributed by atoms with E-state index in [-0.39, 0.29) is 6.42 Å². The van der Waals surface area contributed by atoms with Crippen molar-refractivity contribution in [1.82, 2.24) is 5.32 Å². The quantitative estimate of drug-likeness (QED) is 0.827. The van der Waals surface area contributed by atoms with Gasteiger partial charge in [0.2, 0.25) is 0 Å². The largest absolute Gasteiger partial charge is 0.481 e. The van der Waals surface area contributed by atoms with E-state index in [1.54, 1.807) is 0 Å². The number of benzene rings is 1. The monoisotopic (exact) mass is 261 g/mol. The Balaban J connectivity index is 1.92. The normalized spacial score (nSPS) is 17.5. The predicted molar refractivity (Wildman–Crippen MR) is 76.0 cm³/mol. The number of carboxylic acids is 1. The summed E-state index contributed by atoms with van der Waals surface area (Å²) in [5.74, 6) is 0.0166. The number of carbonyl (C=O) groups is 1. The summed E-state index contributed by atoms with van der Waals surface area (Å²) in [7, 11) is 0. The van der Waals surface area contributed by atoms with Crippen LogP contribution in [-0.4, -0.2) is 17.1 Å². The van der Waals surface area contributed by atoms with E-state index in [0.29, 0.717) is 6.04 Å². The zero-order valence-corrected chi connectivity index (χ0v) is 11.6. The zero-order chi connectivity index (χ0) is 13.7. The lowest BCUT2D eigenvalue weighted by Crippen LogP contribution is -2.32. The molecule has 3 nitrogen and oxygen atoms in total. The third-order valence-corrected chi connectivity index (χ3v) is 4.18. The second-order valence-electron chi connectivity index (χ2n) is 5.55.